The summed E-state index contributed by atoms with van der Waals surface area (Å²) in [7, 11) is 0. The number of aliphatic imine (C=N–C) groups is 1. The Bertz CT molecular complexity index is 360. The van der Waals surface area contributed by atoms with Gasteiger partial charge in [-0.05, 0) is 25.3 Å². The molecule has 0 radical (unpaired) electrons. The third-order valence-corrected chi connectivity index (χ3v) is 2.58. The van der Waals surface area contributed by atoms with Crippen molar-refractivity contribution >= 4 is 11.4 Å². The number of allylic oxidation sites excluding steroid dienone is 2. The van der Waals surface area contributed by atoms with Crippen molar-refractivity contribution in [3.63, 3.8) is 0 Å². The molecule has 0 N–H and O–H groups in total. The van der Waals surface area contributed by atoms with Crippen molar-refractivity contribution in [2.24, 2.45) is 10.1 Å². The lowest BCUT2D eigenvalue weighted by Gasteiger charge is -2.24. The van der Waals surface area contributed by atoms with Crippen LogP contribution < -0.4 is 0 Å². The highest BCUT2D eigenvalue weighted by Gasteiger charge is 2.24. The highest BCUT2D eigenvalue weighted by molar-refractivity contribution is 6.44. The summed E-state index contributed by atoms with van der Waals surface area (Å²) in [5.41, 5.74) is 2.41. The Kier molecular flexibility index (Phi) is 1.39. The molecule has 0 unspecified atom stereocenters. The van der Waals surface area contributed by atoms with Crippen LogP contribution in [-0.4, -0.2) is 23.0 Å². The van der Waals surface area contributed by atoms with E-state index in [0.717, 1.165) is 25.2 Å². The summed E-state index contributed by atoms with van der Waals surface area (Å²) in [4.78, 5) is 4.59. The summed E-state index contributed by atoms with van der Waals surface area (Å²) in [5.74, 6) is 1.00. The highest BCUT2D eigenvalue weighted by Crippen LogP contribution is 2.23. The minimum absolute atomic E-state index is 0.867. The van der Waals surface area contributed by atoms with Gasteiger partial charge in [0.1, 0.15) is 5.82 Å². The summed E-state index contributed by atoms with van der Waals surface area (Å²) < 4.78 is 0. The first-order valence-electron chi connectivity index (χ1n) is 4.73. The van der Waals surface area contributed by atoms with Gasteiger partial charge in [0.15, 0.2) is 0 Å². The maximum atomic E-state index is 4.59. The van der Waals surface area contributed by atoms with Crippen molar-refractivity contribution in [1.82, 2.24) is 5.01 Å². The molecular weight excluding hydrogens is 162 g/mol. The zero-order valence-corrected chi connectivity index (χ0v) is 7.40. The van der Waals surface area contributed by atoms with Crippen molar-refractivity contribution < 1.29 is 0 Å². The van der Waals surface area contributed by atoms with Gasteiger partial charge in [0.25, 0.3) is 0 Å². The first kappa shape index (κ1) is 7.06. The van der Waals surface area contributed by atoms with Crippen molar-refractivity contribution in [1.29, 1.82) is 0 Å². The molecule has 0 aromatic heterocycles. The van der Waals surface area contributed by atoms with Gasteiger partial charge in [0.05, 0.1) is 18.0 Å². The Labute approximate surface area is 77.1 Å². The van der Waals surface area contributed by atoms with E-state index in [1.807, 2.05) is 17.2 Å². The molecule has 13 heavy (non-hydrogen) atoms. The van der Waals surface area contributed by atoms with Crippen LogP contribution in [0.2, 0.25) is 0 Å². The van der Waals surface area contributed by atoms with E-state index in [1.165, 1.54) is 17.8 Å². The minimum atomic E-state index is 0.867. The summed E-state index contributed by atoms with van der Waals surface area (Å²) in [6, 6.07) is 0. The molecule has 3 nitrogen and oxygen atoms in total. The highest BCUT2D eigenvalue weighted by atomic mass is 15.5. The van der Waals surface area contributed by atoms with Crippen LogP contribution >= 0.6 is 0 Å². The van der Waals surface area contributed by atoms with E-state index in [0.29, 0.717) is 0 Å². The van der Waals surface area contributed by atoms with Crippen LogP contribution in [0.5, 0.6) is 0 Å². The largest absolute Gasteiger partial charge is 0.244 e. The van der Waals surface area contributed by atoms with Gasteiger partial charge in [-0.15, -0.1) is 0 Å². The second kappa shape index (κ2) is 2.55. The lowest BCUT2D eigenvalue weighted by molar-refractivity contribution is 0.392. The van der Waals surface area contributed by atoms with Crippen LogP contribution in [0.4, 0.5) is 0 Å². The van der Waals surface area contributed by atoms with Crippen LogP contribution in [0, 0.1) is 0 Å². The molecular formula is C10H11N3. The normalized spacial score (nSPS) is 24.6. The minimum Gasteiger partial charge on any atom is -0.244 e. The van der Waals surface area contributed by atoms with Gasteiger partial charge >= 0.3 is 0 Å². The molecule has 0 amide bonds. The standard InChI is InChI=1S/C10H11N3/c1-2-7-13-10(6-1)11-8-4-3-5-9(8)12-13/h1-2,6H,3-5,7H2. The van der Waals surface area contributed by atoms with Crippen LogP contribution in [0.15, 0.2) is 34.1 Å². The Morgan fingerprint density at radius 2 is 2.15 bits per heavy atom. The monoisotopic (exact) mass is 173 g/mol. The van der Waals surface area contributed by atoms with E-state index in [-0.39, 0.29) is 0 Å². The van der Waals surface area contributed by atoms with Gasteiger partial charge in [-0.3, -0.25) is 0 Å². The lowest BCUT2D eigenvalue weighted by Crippen LogP contribution is -2.26. The molecule has 66 valence electrons. The molecule has 1 fully saturated rings. The van der Waals surface area contributed by atoms with Crippen molar-refractivity contribution in [2.45, 2.75) is 19.3 Å². The Balaban J connectivity index is 2.04. The molecule has 1 aliphatic carbocycles. The van der Waals surface area contributed by atoms with E-state index in [1.54, 1.807) is 0 Å². The lowest BCUT2D eigenvalue weighted by atomic mass is 10.2. The Hall–Kier alpha value is -1.38. The number of hydrogen-bond donors (Lipinski definition) is 0. The fourth-order valence-electron chi connectivity index (χ4n) is 1.91. The predicted molar refractivity (Wildman–Crippen MR) is 52.7 cm³/mol. The third kappa shape index (κ3) is 1.03. The average molecular weight is 173 g/mol. The number of hydrogen-bond acceptors (Lipinski definition) is 3. The SMILES string of the molecule is C1=CCN2N=C3CCCC3=NC2=C1. The van der Waals surface area contributed by atoms with Gasteiger partial charge in [0, 0.05) is 0 Å². The molecule has 0 saturated heterocycles. The smallest absolute Gasteiger partial charge is 0.149 e. The summed E-state index contributed by atoms with van der Waals surface area (Å²) in [5, 5.41) is 6.54. The number of rotatable bonds is 0. The fraction of sp³-hybridized carbons (Fsp3) is 0.400. The quantitative estimate of drug-likeness (QED) is 0.548. The molecule has 2 aliphatic heterocycles. The van der Waals surface area contributed by atoms with Gasteiger partial charge < -0.3 is 0 Å². The Morgan fingerprint density at radius 3 is 3.15 bits per heavy atom. The van der Waals surface area contributed by atoms with Crippen LogP contribution in [0.25, 0.3) is 0 Å². The topological polar surface area (TPSA) is 28.0 Å². The van der Waals surface area contributed by atoms with Gasteiger partial charge in [0.2, 0.25) is 0 Å². The van der Waals surface area contributed by atoms with Gasteiger partial charge in [-0.1, -0.05) is 12.2 Å². The molecule has 3 aliphatic rings. The van der Waals surface area contributed by atoms with Crippen molar-refractivity contribution in [3.8, 4) is 0 Å². The fourth-order valence-corrected chi connectivity index (χ4v) is 1.91. The summed E-state index contributed by atoms with van der Waals surface area (Å²) in [6.45, 7) is 0.867. The first-order valence-corrected chi connectivity index (χ1v) is 4.73. The molecule has 0 bridgehead atoms. The number of hydrazone groups is 1. The van der Waals surface area contributed by atoms with E-state index in [4.69, 9.17) is 0 Å². The Morgan fingerprint density at radius 1 is 1.23 bits per heavy atom. The molecule has 0 atom stereocenters. The van der Waals surface area contributed by atoms with E-state index < -0.39 is 0 Å². The number of fused-ring (bicyclic) bond motifs is 2. The van der Waals surface area contributed by atoms with Crippen molar-refractivity contribution in [3.05, 3.63) is 24.0 Å². The molecule has 3 heteroatoms. The van der Waals surface area contributed by atoms with E-state index in [2.05, 4.69) is 16.2 Å². The van der Waals surface area contributed by atoms with E-state index in [9.17, 15) is 0 Å². The molecule has 1 saturated carbocycles. The first-order chi connectivity index (χ1) is 6.43. The molecule has 0 aromatic carbocycles. The zero-order chi connectivity index (χ0) is 8.67. The van der Waals surface area contributed by atoms with E-state index >= 15 is 0 Å². The summed E-state index contributed by atoms with van der Waals surface area (Å²) in [6.07, 6.45) is 9.59. The zero-order valence-electron chi connectivity index (χ0n) is 7.40. The van der Waals surface area contributed by atoms with Crippen LogP contribution in [-0.2, 0) is 0 Å². The average Bonchev–Trinajstić information content (AvgIpc) is 2.61. The molecule has 3 rings (SSSR count). The predicted octanol–water partition coefficient (Wildman–Crippen LogP) is 1.69. The third-order valence-electron chi connectivity index (χ3n) is 2.58. The molecule has 0 spiro atoms. The van der Waals surface area contributed by atoms with Crippen molar-refractivity contribution in [2.75, 3.05) is 6.54 Å². The van der Waals surface area contributed by atoms with Gasteiger partial charge in [-0.2, -0.15) is 5.10 Å². The second-order valence-corrected chi connectivity index (χ2v) is 3.49. The van der Waals surface area contributed by atoms with Crippen LogP contribution in [0.1, 0.15) is 19.3 Å². The number of nitrogens with zero attached hydrogens (tertiary/aromatic N) is 3. The maximum Gasteiger partial charge on any atom is 0.149 e. The molecule has 0 aromatic rings. The summed E-state index contributed by atoms with van der Waals surface area (Å²) >= 11 is 0. The van der Waals surface area contributed by atoms with Gasteiger partial charge in [-0.25, -0.2) is 10.0 Å². The molecule has 2 heterocycles. The second-order valence-electron chi connectivity index (χ2n) is 3.49. The maximum absolute atomic E-state index is 4.59. The van der Waals surface area contributed by atoms with Crippen LogP contribution in [0.3, 0.4) is 0 Å².